The molecule has 31 heavy (non-hydrogen) atoms. The number of nitrogens with one attached hydrogen (secondary N) is 2. The standard InChI is InChI=1S/C18H22N6O7/c1-18(2,3)30-16(27)22-20-9-12-8-13(21-23-19)5-4-11(12)10-29-17(28)31-24-14(25)6-7-15(24)26/h4-5,8,20H,6-7,9-10H2,1-3H3,(H,22,27). The van der Waals surface area contributed by atoms with Crippen LogP contribution < -0.4 is 10.9 Å². The summed E-state index contributed by atoms with van der Waals surface area (Å²) in [5.74, 6) is -1.25. The van der Waals surface area contributed by atoms with Crippen molar-refractivity contribution in [2.24, 2.45) is 5.11 Å². The van der Waals surface area contributed by atoms with E-state index in [9.17, 15) is 19.2 Å². The molecule has 1 heterocycles. The Balaban J connectivity index is 1.99. The number of azide groups is 1. The summed E-state index contributed by atoms with van der Waals surface area (Å²) in [5.41, 5.74) is 14.3. The zero-order valence-corrected chi connectivity index (χ0v) is 17.2. The monoisotopic (exact) mass is 434 g/mol. The predicted octanol–water partition coefficient (Wildman–Crippen LogP) is 2.87. The summed E-state index contributed by atoms with van der Waals surface area (Å²) >= 11 is 0. The van der Waals surface area contributed by atoms with Gasteiger partial charge in [-0.2, -0.15) is 0 Å². The van der Waals surface area contributed by atoms with Crippen molar-refractivity contribution in [3.8, 4) is 0 Å². The van der Waals surface area contributed by atoms with Gasteiger partial charge in [-0.15, -0.1) is 0 Å². The number of hydrogen-bond acceptors (Lipinski definition) is 9. The molecule has 0 bridgehead atoms. The Morgan fingerprint density at radius 1 is 1.19 bits per heavy atom. The van der Waals surface area contributed by atoms with Crippen molar-refractivity contribution in [3.05, 3.63) is 39.8 Å². The lowest BCUT2D eigenvalue weighted by Crippen LogP contribution is -2.40. The predicted molar refractivity (Wildman–Crippen MR) is 104 cm³/mol. The first-order valence-electron chi connectivity index (χ1n) is 9.18. The van der Waals surface area contributed by atoms with Gasteiger partial charge in [-0.25, -0.2) is 15.0 Å². The summed E-state index contributed by atoms with van der Waals surface area (Å²) in [7, 11) is 0. The molecule has 2 N–H and O–H groups in total. The normalized spacial score (nSPS) is 13.5. The number of carbonyl (C=O) groups is 4. The fourth-order valence-electron chi connectivity index (χ4n) is 2.44. The highest BCUT2D eigenvalue weighted by Crippen LogP contribution is 2.20. The van der Waals surface area contributed by atoms with E-state index in [-0.39, 0.29) is 26.0 Å². The second-order valence-corrected chi connectivity index (χ2v) is 7.33. The quantitative estimate of drug-likeness (QED) is 0.165. The Morgan fingerprint density at radius 3 is 2.48 bits per heavy atom. The molecule has 3 amide bonds. The molecule has 0 aliphatic carbocycles. The highest BCUT2D eigenvalue weighted by Gasteiger charge is 2.33. The molecular formula is C18H22N6O7. The summed E-state index contributed by atoms with van der Waals surface area (Å²) in [5, 5.41) is 3.88. The fraction of sp³-hybridized carbons (Fsp3) is 0.444. The van der Waals surface area contributed by atoms with Gasteiger partial charge in [0.05, 0.1) is 0 Å². The molecule has 166 valence electrons. The summed E-state index contributed by atoms with van der Waals surface area (Å²) in [6, 6.07) is 4.58. The second-order valence-electron chi connectivity index (χ2n) is 7.33. The van der Waals surface area contributed by atoms with Gasteiger partial charge in [0.2, 0.25) is 0 Å². The first kappa shape index (κ1) is 23.4. The van der Waals surface area contributed by atoms with Crippen LogP contribution >= 0.6 is 0 Å². The fourth-order valence-corrected chi connectivity index (χ4v) is 2.44. The van der Waals surface area contributed by atoms with Crippen LogP contribution in [0.3, 0.4) is 0 Å². The van der Waals surface area contributed by atoms with Gasteiger partial charge in [0.25, 0.3) is 11.8 Å². The van der Waals surface area contributed by atoms with Crippen LogP contribution in [0.1, 0.15) is 44.7 Å². The zero-order valence-electron chi connectivity index (χ0n) is 17.2. The van der Waals surface area contributed by atoms with Crippen molar-refractivity contribution < 1.29 is 33.5 Å². The molecule has 0 spiro atoms. The molecule has 0 radical (unpaired) electrons. The third-order valence-corrected chi connectivity index (χ3v) is 3.74. The number of benzene rings is 1. The average molecular weight is 434 g/mol. The van der Waals surface area contributed by atoms with E-state index in [2.05, 4.69) is 25.7 Å². The van der Waals surface area contributed by atoms with E-state index < -0.39 is 29.7 Å². The Morgan fingerprint density at radius 2 is 1.87 bits per heavy atom. The molecule has 1 aliphatic heterocycles. The minimum Gasteiger partial charge on any atom is -0.443 e. The van der Waals surface area contributed by atoms with Gasteiger partial charge in [0.1, 0.15) is 12.2 Å². The van der Waals surface area contributed by atoms with Crippen LogP contribution in [0.15, 0.2) is 23.3 Å². The Kier molecular flexibility index (Phi) is 7.77. The maximum absolute atomic E-state index is 11.8. The Hall–Kier alpha value is -3.83. The molecule has 0 atom stereocenters. The molecule has 0 unspecified atom stereocenters. The molecule has 13 nitrogen and oxygen atoms in total. The molecule has 1 aromatic carbocycles. The number of hydroxylamine groups is 2. The summed E-state index contributed by atoms with van der Waals surface area (Å²) in [6.07, 6.45) is -1.99. The number of hydrogen-bond donors (Lipinski definition) is 2. The van der Waals surface area contributed by atoms with Gasteiger partial charge in [-0.3, -0.25) is 19.9 Å². The molecule has 2 rings (SSSR count). The van der Waals surface area contributed by atoms with Crippen LogP contribution in [-0.4, -0.2) is 34.7 Å². The number of amides is 3. The smallest absolute Gasteiger partial charge is 0.443 e. The molecule has 1 saturated heterocycles. The minimum atomic E-state index is -1.23. The summed E-state index contributed by atoms with van der Waals surface area (Å²) < 4.78 is 10.1. The lowest BCUT2D eigenvalue weighted by atomic mass is 10.1. The topological polar surface area (TPSA) is 172 Å². The van der Waals surface area contributed by atoms with Crippen LogP contribution in [0.2, 0.25) is 0 Å². The number of hydrazine groups is 1. The molecule has 0 aromatic heterocycles. The molecule has 0 saturated carbocycles. The summed E-state index contributed by atoms with van der Waals surface area (Å²) in [6.45, 7) is 4.95. The SMILES string of the molecule is CC(C)(C)OC(=O)NNCc1cc(N=[N+]=[N-])ccc1COC(=O)ON1C(=O)CCC1=O. The summed E-state index contributed by atoms with van der Waals surface area (Å²) in [4.78, 5) is 53.9. The molecular weight excluding hydrogens is 412 g/mol. The Bertz CT molecular complexity index is 904. The van der Waals surface area contributed by atoms with E-state index in [1.807, 2.05) is 0 Å². The van der Waals surface area contributed by atoms with Crippen LogP contribution in [0, 0.1) is 0 Å². The molecule has 13 heteroatoms. The third-order valence-electron chi connectivity index (χ3n) is 3.74. The molecule has 1 fully saturated rings. The third kappa shape index (κ3) is 7.49. The number of imide groups is 1. The highest BCUT2D eigenvalue weighted by molar-refractivity contribution is 6.01. The van der Waals surface area contributed by atoms with Gasteiger partial charge in [0.15, 0.2) is 0 Å². The van der Waals surface area contributed by atoms with Crippen LogP contribution in [0.25, 0.3) is 10.4 Å². The largest absolute Gasteiger partial charge is 0.534 e. The van der Waals surface area contributed by atoms with Gasteiger partial charge >= 0.3 is 12.2 Å². The highest BCUT2D eigenvalue weighted by atomic mass is 16.8. The van der Waals surface area contributed by atoms with Crippen molar-refractivity contribution in [1.29, 1.82) is 0 Å². The van der Waals surface area contributed by atoms with Crippen molar-refractivity contribution in [2.45, 2.75) is 52.4 Å². The number of rotatable bonds is 7. The number of ether oxygens (including phenoxy) is 2. The average Bonchev–Trinajstić information content (AvgIpc) is 2.98. The maximum atomic E-state index is 11.8. The second kappa shape index (κ2) is 10.3. The van der Waals surface area contributed by atoms with E-state index in [0.29, 0.717) is 21.9 Å². The van der Waals surface area contributed by atoms with Crippen LogP contribution in [0.5, 0.6) is 0 Å². The van der Waals surface area contributed by atoms with E-state index in [0.717, 1.165) is 0 Å². The van der Waals surface area contributed by atoms with Crippen molar-refractivity contribution in [2.75, 3.05) is 0 Å². The van der Waals surface area contributed by atoms with Crippen LogP contribution in [0.4, 0.5) is 15.3 Å². The lowest BCUT2D eigenvalue weighted by molar-refractivity contribution is -0.177. The van der Waals surface area contributed by atoms with Gasteiger partial charge in [-0.1, -0.05) is 22.3 Å². The van der Waals surface area contributed by atoms with Crippen molar-refractivity contribution >= 4 is 29.8 Å². The lowest BCUT2D eigenvalue weighted by Gasteiger charge is -2.20. The van der Waals surface area contributed by atoms with E-state index >= 15 is 0 Å². The first-order valence-corrected chi connectivity index (χ1v) is 9.18. The molecule has 1 aliphatic rings. The Labute approximate surface area is 177 Å². The maximum Gasteiger partial charge on any atom is 0.534 e. The van der Waals surface area contributed by atoms with Crippen LogP contribution in [-0.2, 0) is 37.1 Å². The van der Waals surface area contributed by atoms with E-state index in [1.54, 1.807) is 26.8 Å². The minimum absolute atomic E-state index is 0.0343. The van der Waals surface area contributed by atoms with Gasteiger partial charge in [-0.05, 0) is 43.5 Å². The van der Waals surface area contributed by atoms with Gasteiger partial charge in [0, 0.05) is 30.0 Å². The number of carbonyl (C=O) groups excluding carboxylic acids is 4. The van der Waals surface area contributed by atoms with Gasteiger partial charge < -0.3 is 9.47 Å². The first-order chi connectivity index (χ1) is 14.6. The zero-order chi connectivity index (χ0) is 23.0. The van der Waals surface area contributed by atoms with Crippen molar-refractivity contribution in [3.63, 3.8) is 0 Å². The number of nitrogens with zero attached hydrogens (tertiary/aromatic N) is 4. The molecule has 1 aromatic rings. The van der Waals surface area contributed by atoms with E-state index in [1.165, 1.54) is 12.1 Å². The van der Waals surface area contributed by atoms with E-state index in [4.69, 9.17) is 15.0 Å². The van der Waals surface area contributed by atoms with Crippen molar-refractivity contribution in [1.82, 2.24) is 15.9 Å².